The van der Waals surface area contributed by atoms with Crippen LogP contribution in [-0.4, -0.2) is 50.0 Å². The summed E-state index contributed by atoms with van der Waals surface area (Å²) in [7, 11) is 1.66. The van der Waals surface area contributed by atoms with Crippen LogP contribution >= 0.6 is 0 Å². The van der Waals surface area contributed by atoms with E-state index in [2.05, 4.69) is 4.90 Å². The molecule has 0 radical (unpaired) electrons. The quantitative estimate of drug-likeness (QED) is 0.695. The van der Waals surface area contributed by atoms with Gasteiger partial charge in [-0.15, -0.1) is 0 Å². The molecule has 1 aromatic heterocycles. The Hall–Kier alpha value is -0.880. The SMILES string of the molecule is COCCN(CCO)C(CN)c1ccc(C)o1. The van der Waals surface area contributed by atoms with Crippen LogP contribution in [0.25, 0.3) is 0 Å². The largest absolute Gasteiger partial charge is 0.465 e. The van der Waals surface area contributed by atoms with E-state index in [9.17, 15) is 0 Å². The van der Waals surface area contributed by atoms with Crippen LogP contribution in [0.1, 0.15) is 17.6 Å². The summed E-state index contributed by atoms with van der Waals surface area (Å²) in [4.78, 5) is 2.07. The average molecular weight is 242 g/mol. The van der Waals surface area contributed by atoms with Gasteiger partial charge in [-0.05, 0) is 19.1 Å². The van der Waals surface area contributed by atoms with Crippen LogP contribution in [0.2, 0.25) is 0 Å². The van der Waals surface area contributed by atoms with Crippen molar-refractivity contribution in [3.63, 3.8) is 0 Å². The van der Waals surface area contributed by atoms with E-state index in [1.54, 1.807) is 7.11 Å². The van der Waals surface area contributed by atoms with Crippen LogP contribution in [0, 0.1) is 6.92 Å². The number of hydrogen-bond donors (Lipinski definition) is 2. The van der Waals surface area contributed by atoms with Crippen molar-refractivity contribution in [1.29, 1.82) is 0 Å². The Balaban J connectivity index is 2.73. The van der Waals surface area contributed by atoms with E-state index in [4.69, 9.17) is 20.0 Å². The normalized spacial score (nSPS) is 13.2. The standard InChI is InChI=1S/C12H22N2O3/c1-10-3-4-12(17-10)11(9-13)14(5-7-15)6-8-16-2/h3-4,11,15H,5-9,13H2,1-2H3. The number of aliphatic hydroxyl groups is 1. The summed E-state index contributed by atoms with van der Waals surface area (Å²) in [6.07, 6.45) is 0. The summed E-state index contributed by atoms with van der Waals surface area (Å²) in [6, 6.07) is 3.85. The van der Waals surface area contributed by atoms with Crippen LogP contribution in [0.4, 0.5) is 0 Å². The number of aryl methyl sites for hydroxylation is 1. The summed E-state index contributed by atoms with van der Waals surface area (Å²) in [5, 5.41) is 9.08. The van der Waals surface area contributed by atoms with Crippen LogP contribution in [0.15, 0.2) is 16.5 Å². The van der Waals surface area contributed by atoms with Gasteiger partial charge in [0, 0.05) is 26.7 Å². The molecule has 98 valence electrons. The zero-order valence-electron chi connectivity index (χ0n) is 10.6. The van der Waals surface area contributed by atoms with Crippen LogP contribution in [0.3, 0.4) is 0 Å². The first-order valence-corrected chi connectivity index (χ1v) is 5.83. The first-order chi connectivity index (χ1) is 8.22. The number of furan rings is 1. The Morgan fingerprint density at radius 1 is 1.47 bits per heavy atom. The number of methoxy groups -OCH3 is 1. The van der Waals surface area contributed by atoms with Crippen molar-refractivity contribution in [1.82, 2.24) is 4.90 Å². The van der Waals surface area contributed by atoms with Gasteiger partial charge >= 0.3 is 0 Å². The summed E-state index contributed by atoms with van der Waals surface area (Å²) < 4.78 is 10.7. The third kappa shape index (κ3) is 4.12. The van der Waals surface area contributed by atoms with E-state index in [0.717, 1.165) is 18.1 Å². The van der Waals surface area contributed by atoms with Crippen LogP contribution in [-0.2, 0) is 4.74 Å². The van der Waals surface area contributed by atoms with Gasteiger partial charge < -0.3 is 20.0 Å². The van der Waals surface area contributed by atoms with E-state index in [1.165, 1.54) is 0 Å². The predicted molar refractivity (Wildman–Crippen MR) is 65.8 cm³/mol. The first-order valence-electron chi connectivity index (χ1n) is 5.83. The lowest BCUT2D eigenvalue weighted by Gasteiger charge is -2.28. The molecule has 0 aliphatic rings. The van der Waals surface area contributed by atoms with Gasteiger partial charge in [-0.2, -0.15) is 0 Å². The molecule has 3 N–H and O–H groups in total. The lowest BCUT2D eigenvalue weighted by atomic mass is 10.2. The van der Waals surface area contributed by atoms with E-state index < -0.39 is 0 Å². The molecule has 0 aliphatic heterocycles. The molecule has 0 aromatic carbocycles. The molecule has 0 aliphatic carbocycles. The fourth-order valence-electron chi connectivity index (χ4n) is 1.84. The van der Waals surface area contributed by atoms with E-state index in [0.29, 0.717) is 19.7 Å². The highest BCUT2D eigenvalue weighted by atomic mass is 16.5. The average Bonchev–Trinajstić information content (AvgIpc) is 2.73. The second-order valence-electron chi connectivity index (χ2n) is 3.95. The molecule has 5 nitrogen and oxygen atoms in total. The van der Waals surface area contributed by atoms with Crippen LogP contribution in [0.5, 0.6) is 0 Å². The summed E-state index contributed by atoms with van der Waals surface area (Å²) >= 11 is 0. The third-order valence-corrected chi connectivity index (χ3v) is 2.72. The topological polar surface area (TPSA) is 71.9 Å². The third-order valence-electron chi connectivity index (χ3n) is 2.72. The first kappa shape index (κ1) is 14.2. The molecule has 0 bridgehead atoms. The van der Waals surface area contributed by atoms with E-state index in [-0.39, 0.29) is 12.6 Å². The maximum absolute atomic E-state index is 9.08. The maximum Gasteiger partial charge on any atom is 0.122 e. The highest BCUT2D eigenvalue weighted by Crippen LogP contribution is 2.21. The summed E-state index contributed by atoms with van der Waals surface area (Å²) in [5.74, 6) is 1.71. The molecule has 0 saturated carbocycles. The minimum atomic E-state index is -0.00833. The van der Waals surface area contributed by atoms with Gasteiger partial charge in [-0.1, -0.05) is 0 Å². The van der Waals surface area contributed by atoms with Crippen molar-refractivity contribution in [2.75, 3.05) is 40.0 Å². The fourth-order valence-corrected chi connectivity index (χ4v) is 1.84. The Morgan fingerprint density at radius 2 is 2.24 bits per heavy atom. The molecule has 1 unspecified atom stereocenters. The van der Waals surface area contributed by atoms with Crippen molar-refractivity contribution < 1.29 is 14.3 Å². The number of rotatable bonds is 8. The molecule has 17 heavy (non-hydrogen) atoms. The van der Waals surface area contributed by atoms with Crippen molar-refractivity contribution in [3.05, 3.63) is 23.7 Å². The van der Waals surface area contributed by atoms with Gasteiger partial charge in [0.25, 0.3) is 0 Å². The van der Waals surface area contributed by atoms with E-state index >= 15 is 0 Å². The number of hydrogen-bond acceptors (Lipinski definition) is 5. The van der Waals surface area contributed by atoms with Gasteiger partial charge in [0.05, 0.1) is 19.3 Å². The lowest BCUT2D eigenvalue weighted by molar-refractivity contribution is 0.0949. The summed E-state index contributed by atoms with van der Waals surface area (Å²) in [5.41, 5.74) is 5.79. The molecule has 1 heterocycles. The van der Waals surface area contributed by atoms with Crippen LogP contribution < -0.4 is 5.73 Å². The summed E-state index contributed by atoms with van der Waals surface area (Å²) in [6.45, 7) is 4.35. The molecule has 0 fully saturated rings. The zero-order chi connectivity index (χ0) is 12.7. The molecule has 0 amide bonds. The van der Waals surface area contributed by atoms with Gasteiger partial charge in [0.1, 0.15) is 11.5 Å². The minimum Gasteiger partial charge on any atom is -0.465 e. The number of ether oxygens (including phenoxy) is 1. The molecule has 5 heteroatoms. The van der Waals surface area contributed by atoms with Gasteiger partial charge in [0.2, 0.25) is 0 Å². The fraction of sp³-hybridized carbons (Fsp3) is 0.667. The second kappa shape index (κ2) is 7.45. The Bertz CT molecular complexity index is 314. The van der Waals surface area contributed by atoms with E-state index in [1.807, 2.05) is 19.1 Å². The molecular weight excluding hydrogens is 220 g/mol. The smallest absolute Gasteiger partial charge is 0.122 e. The molecule has 0 spiro atoms. The van der Waals surface area contributed by atoms with Gasteiger partial charge in [0.15, 0.2) is 0 Å². The molecule has 1 rings (SSSR count). The minimum absolute atomic E-state index is 0.00833. The maximum atomic E-state index is 9.08. The van der Waals surface area contributed by atoms with Crippen molar-refractivity contribution in [2.24, 2.45) is 5.73 Å². The molecular formula is C12H22N2O3. The van der Waals surface area contributed by atoms with Gasteiger partial charge in [-0.25, -0.2) is 0 Å². The number of nitrogens with two attached hydrogens (primary N) is 1. The number of aliphatic hydroxyl groups excluding tert-OH is 1. The lowest BCUT2D eigenvalue weighted by Crippen LogP contribution is -2.37. The molecule has 0 saturated heterocycles. The number of nitrogens with zero attached hydrogens (tertiary/aromatic N) is 1. The van der Waals surface area contributed by atoms with Crippen molar-refractivity contribution in [3.8, 4) is 0 Å². The molecule has 1 atom stereocenters. The van der Waals surface area contributed by atoms with Gasteiger partial charge in [-0.3, -0.25) is 4.90 Å². The van der Waals surface area contributed by atoms with Crippen molar-refractivity contribution in [2.45, 2.75) is 13.0 Å². The van der Waals surface area contributed by atoms with Crippen molar-refractivity contribution >= 4 is 0 Å². The Kier molecular flexibility index (Phi) is 6.21. The Morgan fingerprint density at radius 3 is 2.71 bits per heavy atom. The zero-order valence-corrected chi connectivity index (χ0v) is 10.6. The highest BCUT2D eigenvalue weighted by molar-refractivity contribution is 5.10. The monoisotopic (exact) mass is 242 g/mol. The molecule has 1 aromatic rings. The highest BCUT2D eigenvalue weighted by Gasteiger charge is 2.21. The predicted octanol–water partition coefficient (Wildman–Crippen LogP) is 0.529. The second-order valence-corrected chi connectivity index (χ2v) is 3.95. The Labute approximate surface area is 102 Å².